The van der Waals surface area contributed by atoms with Crippen LogP contribution in [0.2, 0.25) is 0 Å². The van der Waals surface area contributed by atoms with Gasteiger partial charge in [0.2, 0.25) is 5.79 Å². The maximum absolute atomic E-state index is 12.7. The number of ether oxygens (including phenoxy) is 2. The number of methoxy groups -OCH3 is 2. The predicted molar refractivity (Wildman–Crippen MR) is 69.4 cm³/mol. The summed E-state index contributed by atoms with van der Waals surface area (Å²) in [5.41, 5.74) is -0.709. The van der Waals surface area contributed by atoms with Gasteiger partial charge in [-0.05, 0) is 25.2 Å². The van der Waals surface area contributed by atoms with Gasteiger partial charge < -0.3 is 14.6 Å². The van der Waals surface area contributed by atoms with Crippen molar-refractivity contribution in [3.63, 3.8) is 0 Å². The van der Waals surface area contributed by atoms with Crippen molar-refractivity contribution in [2.45, 2.75) is 44.0 Å². The second-order valence-electron chi connectivity index (χ2n) is 6.02. The number of rotatable bonds is 2. The number of aliphatic hydroxyl groups is 1. The van der Waals surface area contributed by atoms with Crippen LogP contribution in [0.3, 0.4) is 0 Å². The average molecular weight is 266 g/mol. The van der Waals surface area contributed by atoms with Gasteiger partial charge in [0.25, 0.3) is 0 Å². The van der Waals surface area contributed by atoms with Crippen molar-refractivity contribution < 1.29 is 19.4 Å². The number of aliphatic hydroxyl groups excluding tert-OH is 1. The summed E-state index contributed by atoms with van der Waals surface area (Å²) >= 11 is 0. The molecule has 1 spiro atoms. The molecular weight excluding hydrogens is 244 g/mol. The highest BCUT2D eigenvalue weighted by molar-refractivity contribution is 5.93. The van der Waals surface area contributed by atoms with Crippen molar-refractivity contribution in [3.8, 4) is 0 Å². The Bertz CT molecular complexity index is 412. The van der Waals surface area contributed by atoms with Gasteiger partial charge >= 0.3 is 0 Å². The number of ketones is 1. The lowest BCUT2D eigenvalue weighted by atomic mass is 9.52. The molecule has 0 radical (unpaired) electrons. The fourth-order valence-electron chi connectivity index (χ4n) is 4.59. The number of fused-ring (bicyclic) bond motifs is 1. The van der Waals surface area contributed by atoms with Crippen molar-refractivity contribution in [1.82, 2.24) is 0 Å². The molecule has 0 aromatic rings. The maximum atomic E-state index is 12.7. The summed E-state index contributed by atoms with van der Waals surface area (Å²) < 4.78 is 11.2. The lowest BCUT2D eigenvalue weighted by Gasteiger charge is -2.58. The summed E-state index contributed by atoms with van der Waals surface area (Å²) in [6.45, 7) is 0. The van der Waals surface area contributed by atoms with E-state index < -0.39 is 17.3 Å². The van der Waals surface area contributed by atoms with Gasteiger partial charge in [-0.2, -0.15) is 0 Å². The maximum Gasteiger partial charge on any atom is 0.241 e. The van der Waals surface area contributed by atoms with E-state index in [-0.39, 0.29) is 17.6 Å². The Kier molecular flexibility index (Phi) is 3.08. The fourth-order valence-corrected chi connectivity index (χ4v) is 4.59. The summed E-state index contributed by atoms with van der Waals surface area (Å²) in [5.74, 6) is -1.20. The topological polar surface area (TPSA) is 55.8 Å². The van der Waals surface area contributed by atoms with Crippen molar-refractivity contribution in [3.05, 3.63) is 12.2 Å². The first-order valence-corrected chi connectivity index (χ1v) is 7.14. The van der Waals surface area contributed by atoms with Gasteiger partial charge in [-0.3, -0.25) is 4.79 Å². The molecule has 106 valence electrons. The molecular formula is C15H22O4. The molecule has 4 aliphatic rings. The summed E-state index contributed by atoms with van der Waals surface area (Å²) in [6, 6.07) is 0. The van der Waals surface area contributed by atoms with Crippen LogP contribution in [0.4, 0.5) is 0 Å². The minimum Gasteiger partial charge on any atom is -0.392 e. The first kappa shape index (κ1) is 13.3. The molecule has 0 amide bonds. The monoisotopic (exact) mass is 266 g/mol. The molecule has 19 heavy (non-hydrogen) atoms. The zero-order valence-corrected chi connectivity index (χ0v) is 11.6. The van der Waals surface area contributed by atoms with E-state index in [0.717, 1.165) is 25.7 Å². The highest BCUT2D eigenvalue weighted by Gasteiger charge is 2.69. The summed E-state index contributed by atoms with van der Waals surface area (Å²) in [5, 5.41) is 10.7. The van der Waals surface area contributed by atoms with Crippen LogP contribution in [0.5, 0.6) is 0 Å². The average Bonchev–Trinajstić information content (AvgIpc) is 2.60. The summed E-state index contributed by atoms with van der Waals surface area (Å²) in [7, 11) is 3.03. The predicted octanol–water partition coefficient (Wildman–Crippen LogP) is 1.67. The number of hydrogen-bond acceptors (Lipinski definition) is 4. The van der Waals surface area contributed by atoms with Gasteiger partial charge in [-0.15, -0.1) is 0 Å². The van der Waals surface area contributed by atoms with Crippen LogP contribution in [0.15, 0.2) is 12.2 Å². The van der Waals surface area contributed by atoms with Crippen LogP contribution in [-0.2, 0) is 14.3 Å². The van der Waals surface area contributed by atoms with E-state index in [1.54, 1.807) is 0 Å². The van der Waals surface area contributed by atoms with E-state index in [2.05, 4.69) is 0 Å². The van der Waals surface area contributed by atoms with Crippen LogP contribution in [-0.4, -0.2) is 37.0 Å². The third kappa shape index (κ3) is 1.42. The largest absolute Gasteiger partial charge is 0.392 e. The SMILES string of the molecule is COC1(OC)C(=O)C2C=CC13C(O)CCCC[C@@H]3C2. The second-order valence-corrected chi connectivity index (χ2v) is 6.02. The molecule has 4 rings (SSSR count). The highest BCUT2D eigenvalue weighted by Crippen LogP contribution is 2.60. The molecule has 4 nitrogen and oxygen atoms in total. The molecule has 0 aliphatic heterocycles. The molecule has 0 aromatic carbocycles. The number of Topliss-reactive ketones (excluding diaryl/α,β-unsaturated/α-hetero) is 1. The molecule has 4 heteroatoms. The third-order valence-corrected chi connectivity index (χ3v) is 5.46. The van der Waals surface area contributed by atoms with Crippen molar-refractivity contribution >= 4 is 5.78 Å². The fraction of sp³-hybridized carbons (Fsp3) is 0.800. The van der Waals surface area contributed by atoms with E-state index in [9.17, 15) is 9.90 Å². The van der Waals surface area contributed by atoms with Crippen LogP contribution < -0.4 is 0 Å². The molecule has 0 saturated heterocycles. The van der Waals surface area contributed by atoms with E-state index in [0.29, 0.717) is 6.42 Å². The Labute approximate surface area is 113 Å². The molecule has 0 aromatic heterocycles. The smallest absolute Gasteiger partial charge is 0.241 e. The lowest BCUT2D eigenvalue weighted by Crippen LogP contribution is -2.70. The Hall–Kier alpha value is -0.710. The van der Waals surface area contributed by atoms with E-state index in [1.165, 1.54) is 14.2 Å². The first-order valence-electron chi connectivity index (χ1n) is 7.14. The summed E-state index contributed by atoms with van der Waals surface area (Å²) in [4.78, 5) is 12.7. The number of carbonyl (C=O) groups is 1. The molecule has 4 aliphatic carbocycles. The standard InChI is InChI=1S/C15H22O4/c1-18-15(19-2)13(17)10-7-8-14(15)11(9-10)5-3-4-6-12(14)16/h7-8,10-12,16H,3-6,9H2,1-2H3/t10?,11-,12?,14?/m1/s1. The second kappa shape index (κ2) is 4.40. The zero-order valence-electron chi connectivity index (χ0n) is 11.6. The van der Waals surface area contributed by atoms with E-state index in [1.807, 2.05) is 12.2 Å². The van der Waals surface area contributed by atoms with Crippen LogP contribution in [0, 0.1) is 17.3 Å². The van der Waals surface area contributed by atoms with Gasteiger partial charge in [0, 0.05) is 20.1 Å². The number of allylic oxidation sites excluding steroid dienone is 1. The molecule has 4 atom stereocenters. The van der Waals surface area contributed by atoms with Gasteiger partial charge in [0.05, 0.1) is 11.5 Å². The Morgan fingerprint density at radius 3 is 2.63 bits per heavy atom. The quantitative estimate of drug-likeness (QED) is 0.610. The van der Waals surface area contributed by atoms with Crippen LogP contribution in [0.1, 0.15) is 32.1 Å². The minimum atomic E-state index is -1.31. The third-order valence-electron chi connectivity index (χ3n) is 5.46. The lowest BCUT2D eigenvalue weighted by molar-refractivity contribution is -0.293. The highest BCUT2D eigenvalue weighted by atomic mass is 16.7. The number of hydrogen-bond donors (Lipinski definition) is 1. The minimum absolute atomic E-state index is 0.0304. The van der Waals surface area contributed by atoms with Gasteiger partial charge in [0.1, 0.15) is 0 Å². The molecule has 0 heterocycles. The molecule has 2 fully saturated rings. The van der Waals surface area contributed by atoms with E-state index >= 15 is 0 Å². The van der Waals surface area contributed by atoms with Crippen LogP contribution >= 0.6 is 0 Å². The van der Waals surface area contributed by atoms with Gasteiger partial charge in [-0.1, -0.05) is 25.0 Å². The number of carbonyl (C=O) groups excluding carboxylic acids is 1. The van der Waals surface area contributed by atoms with Gasteiger partial charge in [0.15, 0.2) is 5.78 Å². The molecule has 1 N–H and O–H groups in total. The van der Waals surface area contributed by atoms with Crippen LogP contribution in [0.25, 0.3) is 0 Å². The van der Waals surface area contributed by atoms with Crippen molar-refractivity contribution in [2.75, 3.05) is 14.2 Å². The summed E-state index contributed by atoms with van der Waals surface area (Å²) in [6.07, 6.45) is 8.02. The normalized spacial score (nSPS) is 43.9. The first-order chi connectivity index (χ1) is 9.12. The Balaban J connectivity index is 2.19. The Morgan fingerprint density at radius 1 is 1.26 bits per heavy atom. The Morgan fingerprint density at radius 2 is 1.95 bits per heavy atom. The van der Waals surface area contributed by atoms with E-state index in [4.69, 9.17) is 9.47 Å². The molecule has 3 unspecified atom stereocenters. The van der Waals surface area contributed by atoms with Crippen molar-refractivity contribution in [2.24, 2.45) is 17.3 Å². The zero-order chi connectivity index (χ0) is 13.7. The molecule has 2 bridgehead atoms. The van der Waals surface area contributed by atoms with Crippen molar-refractivity contribution in [1.29, 1.82) is 0 Å². The molecule has 2 saturated carbocycles. The van der Waals surface area contributed by atoms with Gasteiger partial charge in [-0.25, -0.2) is 0 Å².